The molecule has 0 aliphatic carbocycles. The Morgan fingerprint density at radius 2 is 1.71 bits per heavy atom. The SMILES string of the molecule is COc1ccc(S(=O)(=O)NC2CC3CCC(C2)N3)cc1.Cl. The van der Waals surface area contributed by atoms with Crippen LogP contribution in [0.5, 0.6) is 5.75 Å². The molecule has 2 N–H and O–H groups in total. The van der Waals surface area contributed by atoms with E-state index in [0.717, 1.165) is 25.7 Å². The minimum absolute atomic E-state index is 0. The number of rotatable bonds is 4. The number of hydrogen-bond acceptors (Lipinski definition) is 4. The van der Waals surface area contributed by atoms with Gasteiger partial charge in [-0.15, -0.1) is 12.4 Å². The predicted molar refractivity (Wildman–Crippen MR) is 83.5 cm³/mol. The van der Waals surface area contributed by atoms with E-state index >= 15 is 0 Å². The molecule has 2 unspecified atom stereocenters. The lowest BCUT2D eigenvalue weighted by Crippen LogP contribution is -2.47. The van der Waals surface area contributed by atoms with Crippen LogP contribution in [-0.4, -0.2) is 33.7 Å². The third-order valence-electron chi connectivity index (χ3n) is 4.16. The van der Waals surface area contributed by atoms with Crippen molar-refractivity contribution in [2.24, 2.45) is 0 Å². The maximum Gasteiger partial charge on any atom is 0.240 e. The summed E-state index contributed by atoms with van der Waals surface area (Å²) in [6.45, 7) is 0. The van der Waals surface area contributed by atoms with Gasteiger partial charge in [0.25, 0.3) is 0 Å². The smallest absolute Gasteiger partial charge is 0.240 e. The molecule has 2 atom stereocenters. The summed E-state index contributed by atoms with van der Waals surface area (Å²) in [7, 11) is -1.88. The molecule has 0 aromatic heterocycles. The summed E-state index contributed by atoms with van der Waals surface area (Å²) in [5.41, 5.74) is 0. The first-order valence-corrected chi connectivity index (χ1v) is 8.47. The lowest BCUT2D eigenvalue weighted by atomic mass is 10.0. The number of nitrogens with one attached hydrogen (secondary N) is 2. The zero-order valence-electron chi connectivity index (χ0n) is 11.9. The molecule has 3 rings (SSSR count). The minimum Gasteiger partial charge on any atom is -0.497 e. The second-order valence-corrected chi connectivity index (χ2v) is 7.32. The third-order valence-corrected chi connectivity index (χ3v) is 5.70. The molecule has 2 aliphatic rings. The van der Waals surface area contributed by atoms with E-state index in [-0.39, 0.29) is 18.4 Å². The summed E-state index contributed by atoms with van der Waals surface area (Å²) in [5.74, 6) is 0.656. The van der Waals surface area contributed by atoms with E-state index in [1.54, 1.807) is 31.4 Å². The van der Waals surface area contributed by atoms with E-state index in [0.29, 0.717) is 22.7 Å². The Morgan fingerprint density at radius 1 is 1.14 bits per heavy atom. The Hall–Kier alpha value is -0.820. The number of hydrogen-bond donors (Lipinski definition) is 2. The highest BCUT2D eigenvalue weighted by Crippen LogP contribution is 2.27. The maximum absolute atomic E-state index is 12.4. The second kappa shape index (κ2) is 6.52. The fourth-order valence-electron chi connectivity index (χ4n) is 3.20. The van der Waals surface area contributed by atoms with Crippen molar-refractivity contribution < 1.29 is 13.2 Å². The molecule has 21 heavy (non-hydrogen) atoms. The van der Waals surface area contributed by atoms with Crippen LogP contribution in [0, 0.1) is 0 Å². The zero-order valence-corrected chi connectivity index (χ0v) is 13.5. The summed E-state index contributed by atoms with van der Waals surface area (Å²) in [6.07, 6.45) is 4.08. The number of benzene rings is 1. The molecule has 5 nitrogen and oxygen atoms in total. The van der Waals surface area contributed by atoms with Crippen molar-refractivity contribution in [3.8, 4) is 5.75 Å². The first-order chi connectivity index (χ1) is 9.56. The fraction of sp³-hybridized carbons (Fsp3) is 0.571. The molecule has 1 aromatic carbocycles. The predicted octanol–water partition coefficient (Wildman–Crippen LogP) is 1.68. The normalized spacial score (nSPS) is 28.0. The first kappa shape index (κ1) is 16.5. The monoisotopic (exact) mass is 332 g/mol. The van der Waals surface area contributed by atoms with Gasteiger partial charge in [0.05, 0.1) is 12.0 Å². The Kier molecular flexibility index (Phi) is 5.14. The number of piperidine rings is 1. The highest BCUT2D eigenvalue weighted by molar-refractivity contribution is 7.89. The van der Waals surface area contributed by atoms with Crippen LogP contribution in [0.2, 0.25) is 0 Å². The molecule has 2 aliphatic heterocycles. The molecule has 0 amide bonds. The van der Waals surface area contributed by atoms with Gasteiger partial charge >= 0.3 is 0 Å². The van der Waals surface area contributed by atoms with Gasteiger partial charge in [0.2, 0.25) is 10.0 Å². The molecule has 0 radical (unpaired) electrons. The molecule has 2 saturated heterocycles. The van der Waals surface area contributed by atoms with Gasteiger partial charge in [0.1, 0.15) is 5.75 Å². The van der Waals surface area contributed by atoms with Gasteiger partial charge in [0.15, 0.2) is 0 Å². The van der Waals surface area contributed by atoms with Gasteiger partial charge < -0.3 is 10.1 Å². The highest BCUT2D eigenvalue weighted by atomic mass is 35.5. The average Bonchev–Trinajstić information content (AvgIpc) is 2.77. The molecular weight excluding hydrogens is 312 g/mol. The van der Waals surface area contributed by atoms with Crippen molar-refractivity contribution in [3.63, 3.8) is 0 Å². The topological polar surface area (TPSA) is 67.4 Å². The number of ether oxygens (including phenoxy) is 1. The molecule has 2 heterocycles. The number of sulfonamides is 1. The Balaban J connectivity index is 0.00000161. The number of halogens is 1. The lowest BCUT2D eigenvalue weighted by Gasteiger charge is -2.29. The lowest BCUT2D eigenvalue weighted by molar-refractivity contribution is 0.345. The fourth-order valence-corrected chi connectivity index (χ4v) is 4.46. The van der Waals surface area contributed by atoms with Gasteiger partial charge in [-0.2, -0.15) is 0 Å². The van der Waals surface area contributed by atoms with Gasteiger partial charge in [0, 0.05) is 18.1 Å². The van der Waals surface area contributed by atoms with Crippen molar-refractivity contribution in [3.05, 3.63) is 24.3 Å². The second-order valence-electron chi connectivity index (χ2n) is 5.60. The summed E-state index contributed by atoms with van der Waals surface area (Å²) in [5, 5.41) is 3.51. The summed E-state index contributed by atoms with van der Waals surface area (Å²) < 4.78 is 32.6. The van der Waals surface area contributed by atoms with Crippen LogP contribution in [0.15, 0.2) is 29.2 Å². The van der Waals surface area contributed by atoms with Crippen LogP contribution < -0.4 is 14.8 Å². The average molecular weight is 333 g/mol. The van der Waals surface area contributed by atoms with Crippen molar-refractivity contribution in [1.82, 2.24) is 10.0 Å². The Labute approximate surface area is 131 Å². The van der Waals surface area contributed by atoms with Crippen LogP contribution >= 0.6 is 12.4 Å². The summed E-state index contributed by atoms with van der Waals surface area (Å²) in [6, 6.07) is 7.48. The highest BCUT2D eigenvalue weighted by Gasteiger charge is 2.35. The molecule has 7 heteroatoms. The quantitative estimate of drug-likeness (QED) is 0.880. The number of fused-ring (bicyclic) bond motifs is 2. The standard InChI is InChI=1S/C14H20N2O3S.ClH/c1-19-13-4-6-14(7-5-13)20(17,18)16-12-8-10-2-3-11(9-12)15-10;/h4-7,10-12,15-16H,2-3,8-9H2,1H3;1H. The molecule has 2 bridgehead atoms. The van der Waals surface area contributed by atoms with Gasteiger partial charge in [-0.25, -0.2) is 13.1 Å². The van der Waals surface area contributed by atoms with E-state index in [2.05, 4.69) is 10.0 Å². The van der Waals surface area contributed by atoms with E-state index in [4.69, 9.17) is 4.74 Å². The molecule has 2 fully saturated rings. The maximum atomic E-state index is 12.4. The van der Waals surface area contributed by atoms with Crippen LogP contribution in [0.4, 0.5) is 0 Å². The van der Waals surface area contributed by atoms with Gasteiger partial charge in [-0.3, -0.25) is 0 Å². The van der Waals surface area contributed by atoms with E-state index in [9.17, 15) is 8.42 Å². The molecule has 1 aromatic rings. The summed E-state index contributed by atoms with van der Waals surface area (Å²) >= 11 is 0. The largest absolute Gasteiger partial charge is 0.497 e. The molecule has 0 spiro atoms. The van der Waals surface area contributed by atoms with Gasteiger partial charge in [-0.1, -0.05) is 0 Å². The van der Waals surface area contributed by atoms with Crippen molar-refractivity contribution in [2.75, 3.05) is 7.11 Å². The number of methoxy groups -OCH3 is 1. The van der Waals surface area contributed by atoms with E-state index in [1.807, 2.05) is 0 Å². The van der Waals surface area contributed by atoms with Crippen LogP contribution in [0.3, 0.4) is 0 Å². The van der Waals surface area contributed by atoms with Crippen molar-refractivity contribution >= 4 is 22.4 Å². The van der Waals surface area contributed by atoms with Gasteiger partial charge in [-0.05, 0) is 49.9 Å². The minimum atomic E-state index is -3.44. The van der Waals surface area contributed by atoms with Crippen molar-refractivity contribution in [1.29, 1.82) is 0 Å². The van der Waals surface area contributed by atoms with E-state index < -0.39 is 10.0 Å². The first-order valence-electron chi connectivity index (χ1n) is 6.99. The molecule has 118 valence electrons. The molecule has 0 saturated carbocycles. The van der Waals surface area contributed by atoms with E-state index in [1.165, 1.54) is 0 Å². The zero-order chi connectivity index (χ0) is 14.2. The van der Waals surface area contributed by atoms with Crippen LogP contribution in [0.25, 0.3) is 0 Å². The summed E-state index contributed by atoms with van der Waals surface area (Å²) in [4.78, 5) is 0.296. The van der Waals surface area contributed by atoms with Crippen molar-refractivity contribution in [2.45, 2.75) is 48.7 Å². The molecular formula is C14H21ClN2O3S. The van der Waals surface area contributed by atoms with Crippen LogP contribution in [-0.2, 0) is 10.0 Å². The third kappa shape index (κ3) is 3.69. The Bertz CT molecular complexity index is 564. The van der Waals surface area contributed by atoms with Crippen LogP contribution in [0.1, 0.15) is 25.7 Å². The Morgan fingerprint density at radius 3 is 2.24 bits per heavy atom.